The Morgan fingerprint density at radius 3 is 2.38 bits per heavy atom. The molecule has 1 amide bonds. The number of amides is 1. The van der Waals surface area contributed by atoms with Gasteiger partial charge in [0.05, 0.1) is 24.9 Å². The van der Waals surface area contributed by atoms with E-state index >= 15 is 0 Å². The number of benzene rings is 2. The second-order valence-electron chi connectivity index (χ2n) is 9.10. The molecule has 0 unspecified atom stereocenters. The first kappa shape index (κ1) is 26.0. The number of esters is 1. The molecule has 1 saturated heterocycles. The molecule has 0 radical (unpaired) electrons. The fourth-order valence-corrected chi connectivity index (χ4v) is 6.22. The molecule has 0 spiro atoms. The summed E-state index contributed by atoms with van der Waals surface area (Å²) in [4.78, 5) is 25.3. The number of nitrogens with zero attached hydrogens (tertiary/aromatic N) is 1. The van der Waals surface area contributed by atoms with Crippen LogP contribution in [0.2, 0.25) is 5.02 Å². The first-order valence-electron chi connectivity index (χ1n) is 10.8. The van der Waals surface area contributed by atoms with Gasteiger partial charge in [0.25, 0.3) is 0 Å². The van der Waals surface area contributed by atoms with Crippen molar-refractivity contribution in [3.63, 3.8) is 0 Å². The Morgan fingerprint density at radius 2 is 1.79 bits per heavy atom. The van der Waals surface area contributed by atoms with Gasteiger partial charge >= 0.3 is 12.1 Å². The molecule has 8 nitrogen and oxygen atoms in total. The first-order valence-corrected chi connectivity index (χ1v) is 12.8. The zero-order chi connectivity index (χ0) is 25.1. The highest BCUT2D eigenvalue weighted by atomic mass is 35.5. The molecule has 0 bridgehead atoms. The zero-order valence-electron chi connectivity index (χ0n) is 19.5. The smallest absolute Gasteiger partial charge is 0.407 e. The fraction of sp³-hybridized carbons (Fsp3) is 0.417. The Balaban J connectivity index is 2.04. The molecule has 10 heteroatoms. The number of carbonyl (C=O) groups is 2. The number of carbonyl (C=O) groups excluding carboxylic acids is 2. The molecule has 0 saturated carbocycles. The van der Waals surface area contributed by atoms with Crippen LogP contribution in [0.15, 0.2) is 54.6 Å². The van der Waals surface area contributed by atoms with Crippen LogP contribution in [0.5, 0.6) is 0 Å². The average Bonchev–Trinajstić information content (AvgIpc) is 3.12. The van der Waals surface area contributed by atoms with Gasteiger partial charge in [-0.15, -0.1) is 0 Å². The van der Waals surface area contributed by atoms with Crippen LogP contribution in [0.4, 0.5) is 4.79 Å². The van der Waals surface area contributed by atoms with Crippen LogP contribution in [0.1, 0.15) is 44.4 Å². The lowest BCUT2D eigenvalue weighted by molar-refractivity contribution is -0.144. The summed E-state index contributed by atoms with van der Waals surface area (Å²) >= 11 is 6.05. The summed E-state index contributed by atoms with van der Waals surface area (Å²) in [5.74, 6) is -1.08. The van der Waals surface area contributed by atoms with Gasteiger partial charge in [0.2, 0.25) is 10.0 Å². The first-order chi connectivity index (χ1) is 15.9. The monoisotopic (exact) mass is 508 g/mol. The second-order valence-corrected chi connectivity index (χ2v) is 11.4. The molecule has 2 aromatic rings. The Kier molecular flexibility index (Phi) is 7.90. The quantitative estimate of drug-likeness (QED) is 0.590. The van der Waals surface area contributed by atoms with Crippen LogP contribution in [0.3, 0.4) is 0 Å². The summed E-state index contributed by atoms with van der Waals surface area (Å²) in [6, 6.07) is 12.7. The summed E-state index contributed by atoms with van der Waals surface area (Å²) in [5.41, 5.74) is 0.362. The van der Waals surface area contributed by atoms with Crippen LogP contribution < -0.4 is 5.32 Å². The lowest BCUT2D eigenvalue weighted by Gasteiger charge is -2.31. The van der Waals surface area contributed by atoms with E-state index in [0.717, 1.165) is 4.31 Å². The van der Waals surface area contributed by atoms with Crippen LogP contribution in [0.25, 0.3) is 0 Å². The molecule has 0 aromatic heterocycles. The minimum atomic E-state index is -4.05. The number of ether oxygens (including phenoxy) is 2. The highest BCUT2D eigenvalue weighted by Gasteiger charge is 2.52. The maximum atomic E-state index is 13.7. The lowest BCUT2D eigenvalue weighted by atomic mass is 10.0. The standard InChI is InChI=1S/C24H29ClN2O6S/c1-24(2,3)33-23(29)26-19-14-20(22(28)32-4)27(21(19)17-10-6-5-7-11-17)34(30,31)15-16-9-8-12-18(25)13-16/h5-13,19-21H,14-15H2,1-4H3,(H,26,29)/t19-,20+,21+/m1/s1. The van der Waals surface area contributed by atoms with Crippen molar-refractivity contribution in [1.29, 1.82) is 0 Å². The number of nitrogens with one attached hydrogen (secondary N) is 1. The Hall–Kier alpha value is -2.62. The molecule has 1 N–H and O–H groups in total. The molecule has 3 atom stereocenters. The number of sulfonamides is 1. The van der Waals surface area contributed by atoms with Gasteiger partial charge in [0.15, 0.2) is 0 Å². The van der Waals surface area contributed by atoms with E-state index < -0.39 is 45.8 Å². The van der Waals surface area contributed by atoms with Gasteiger partial charge in [-0.05, 0) is 50.5 Å². The number of halogens is 1. The van der Waals surface area contributed by atoms with E-state index in [2.05, 4.69) is 5.32 Å². The molecule has 1 heterocycles. The Bertz CT molecular complexity index is 1130. The summed E-state index contributed by atoms with van der Waals surface area (Å²) in [6.07, 6.45) is -0.670. The topological polar surface area (TPSA) is 102 Å². The van der Waals surface area contributed by atoms with Crippen molar-refractivity contribution in [1.82, 2.24) is 9.62 Å². The summed E-state index contributed by atoms with van der Waals surface area (Å²) < 4.78 is 38.9. The van der Waals surface area contributed by atoms with Gasteiger partial charge < -0.3 is 14.8 Å². The SMILES string of the molecule is COC(=O)[C@@H]1C[C@@H](NC(=O)OC(C)(C)C)[C@H](c2ccccc2)N1S(=O)(=O)Cc1cccc(Cl)c1. The van der Waals surface area contributed by atoms with E-state index in [0.29, 0.717) is 16.1 Å². The summed E-state index contributed by atoms with van der Waals surface area (Å²) in [6.45, 7) is 5.19. The largest absolute Gasteiger partial charge is 0.468 e. The number of hydrogen-bond acceptors (Lipinski definition) is 6. The van der Waals surface area contributed by atoms with Gasteiger partial charge in [-0.25, -0.2) is 13.2 Å². The fourth-order valence-electron chi connectivity index (χ4n) is 4.09. The molecular formula is C24H29ClN2O6S. The van der Waals surface area contributed by atoms with Crippen LogP contribution in [0, 0.1) is 0 Å². The number of rotatable bonds is 6. The highest BCUT2D eigenvalue weighted by Crippen LogP contribution is 2.40. The number of hydrogen-bond donors (Lipinski definition) is 1. The van der Waals surface area contributed by atoms with Crippen molar-refractivity contribution in [3.05, 3.63) is 70.7 Å². The normalized spacial score (nSPS) is 21.1. The second kappa shape index (κ2) is 10.3. The van der Waals surface area contributed by atoms with E-state index in [1.807, 2.05) is 0 Å². The minimum absolute atomic E-state index is 0.0280. The van der Waals surface area contributed by atoms with Crippen LogP contribution in [-0.2, 0) is 30.0 Å². The van der Waals surface area contributed by atoms with Gasteiger partial charge in [-0.2, -0.15) is 4.31 Å². The minimum Gasteiger partial charge on any atom is -0.468 e. The number of methoxy groups -OCH3 is 1. The molecule has 1 aliphatic rings. The highest BCUT2D eigenvalue weighted by molar-refractivity contribution is 7.88. The van der Waals surface area contributed by atoms with Crippen LogP contribution in [-0.4, -0.2) is 49.6 Å². The molecule has 3 rings (SSSR count). The lowest BCUT2D eigenvalue weighted by Crippen LogP contribution is -2.45. The molecule has 0 aliphatic carbocycles. The van der Waals surface area contributed by atoms with E-state index in [1.165, 1.54) is 7.11 Å². The van der Waals surface area contributed by atoms with Gasteiger partial charge in [-0.3, -0.25) is 4.79 Å². The summed E-state index contributed by atoms with van der Waals surface area (Å²) in [7, 11) is -2.85. The van der Waals surface area contributed by atoms with E-state index in [9.17, 15) is 18.0 Å². The number of alkyl carbamates (subject to hydrolysis) is 1. The van der Waals surface area contributed by atoms with E-state index in [4.69, 9.17) is 21.1 Å². The summed E-state index contributed by atoms with van der Waals surface area (Å²) in [5, 5.41) is 3.18. The van der Waals surface area contributed by atoms with Crippen molar-refractivity contribution >= 4 is 33.7 Å². The van der Waals surface area contributed by atoms with Crippen molar-refractivity contribution in [2.75, 3.05) is 7.11 Å². The van der Waals surface area contributed by atoms with E-state index in [-0.39, 0.29) is 12.2 Å². The zero-order valence-corrected chi connectivity index (χ0v) is 21.1. The van der Waals surface area contributed by atoms with Gasteiger partial charge in [0, 0.05) is 5.02 Å². The predicted octanol–water partition coefficient (Wildman–Crippen LogP) is 4.05. The van der Waals surface area contributed by atoms with E-state index in [1.54, 1.807) is 75.4 Å². The van der Waals surface area contributed by atoms with Crippen LogP contribution >= 0.6 is 11.6 Å². The molecule has 34 heavy (non-hydrogen) atoms. The molecule has 1 fully saturated rings. The maximum Gasteiger partial charge on any atom is 0.407 e. The molecule has 1 aliphatic heterocycles. The Labute approximate surface area is 205 Å². The van der Waals surface area contributed by atoms with Crippen molar-refractivity contribution in [2.45, 2.75) is 56.7 Å². The van der Waals surface area contributed by atoms with Gasteiger partial charge in [-0.1, -0.05) is 54.1 Å². The third kappa shape index (κ3) is 6.28. The molecule has 184 valence electrons. The van der Waals surface area contributed by atoms with Gasteiger partial charge in [0.1, 0.15) is 11.6 Å². The Morgan fingerprint density at radius 1 is 1.12 bits per heavy atom. The third-order valence-electron chi connectivity index (χ3n) is 5.32. The average molecular weight is 509 g/mol. The molecule has 2 aromatic carbocycles. The maximum absolute atomic E-state index is 13.7. The third-order valence-corrected chi connectivity index (χ3v) is 7.37. The van der Waals surface area contributed by atoms with Crippen molar-refractivity contribution in [2.24, 2.45) is 0 Å². The van der Waals surface area contributed by atoms with Crippen molar-refractivity contribution in [3.8, 4) is 0 Å². The molecular weight excluding hydrogens is 480 g/mol. The van der Waals surface area contributed by atoms with Crippen molar-refractivity contribution < 1.29 is 27.5 Å². The predicted molar refractivity (Wildman–Crippen MR) is 129 cm³/mol.